The van der Waals surface area contributed by atoms with E-state index in [-0.39, 0.29) is 11.7 Å². The first-order valence-corrected chi connectivity index (χ1v) is 11.4. The molecule has 0 unspecified atom stereocenters. The van der Waals surface area contributed by atoms with E-state index in [2.05, 4.69) is 49.9 Å². The van der Waals surface area contributed by atoms with Crippen LogP contribution in [0.2, 0.25) is 5.02 Å². The van der Waals surface area contributed by atoms with Gasteiger partial charge in [-0.2, -0.15) is 0 Å². The third-order valence-electron chi connectivity index (χ3n) is 4.14. The van der Waals surface area contributed by atoms with Crippen molar-refractivity contribution >= 4 is 50.9 Å². The molecule has 0 saturated heterocycles. The van der Waals surface area contributed by atoms with E-state index in [0.717, 1.165) is 38.8 Å². The van der Waals surface area contributed by atoms with Crippen molar-refractivity contribution in [3.63, 3.8) is 0 Å². The number of hydrogen-bond donors (Lipinski definition) is 1. The van der Waals surface area contributed by atoms with E-state index in [1.54, 1.807) is 0 Å². The predicted molar refractivity (Wildman–Crippen MR) is 124 cm³/mol. The molecule has 0 aliphatic heterocycles. The Labute approximate surface area is 188 Å². The van der Waals surface area contributed by atoms with E-state index >= 15 is 0 Å². The van der Waals surface area contributed by atoms with Gasteiger partial charge in [0.15, 0.2) is 11.0 Å². The van der Waals surface area contributed by atoms with Gasteiger partial charge in [-0.3, -0.25) is 4.79 Å². The predicted octanol–water partition coefficient (Wildman–Crippen LogP) is 6.06. The molecule has 1 N–H and O–H groups in total. The Bertz CT molecular complexity index is 1000. The van der Waals surface area contributed by atoms with Gasteiger partial charge in [-0.15, -0.1) is 10.2 Å². The molecule has 0 aliphatic rings. The van der Waals surface area contributed by atoms with E-state index in [4.69, 9.17) is 11.6 Å². The van der Waals surface area contributed by atoms with E-state index in [1.165, 1.54) is 11.8 Å². The van der Waals surface area contributed by atoms with Gasteiger partial charge < -0.3 is 9.88 Å². The number of hydrogen-bond acceptors (Lipinski definition) is 4. The van der Waals surface area contributed by atoms with Crippen LogP contribution in [-0.4, -0.2) is 26.4 Å². The van der Waals surface area contributed by atoms with Crippen molar-refractivity contribution in [2.45, 2.75) is 32.5 Å². The molecule has 1 heterocycles. The summed E-state index contributed by atoms with van der Waals surface area (Å²) in [6.45, 7) is 7.04. The number of thioether (sulfide) groups is 1. The van der Waals surface area contributed by atoms with Gasteiger partial charge in [0.2, 0.25) is 5.91 Å². The first-order chi connectivity index (χ1) is 13.8. The van der Waals surface area contributed by atoms with Crippen LogP contribution in [0.5, 0.6) is 0 Å². The molecule has 3 aromatic rings. The van der Waals surface area contributed by atoms with Crippen molar-refractivity contribution in [2.24, 2.45) is 5.92 Å². The largest absolute Gasteiger partial charge is 0.325 e. The Morgan fingerprint density at radius 2 is 1.93 bits per heavy atom. The molecule has 0 bridgehead atoms. The summed E-state index contributed by atoms with van der Waals surface area (Å²) in [5.74, 6) is 1.37. The minimum atomic E-state index is -0.0798. The monoisotopic (exact) mass is 492 g/mol. The smallest absolute Gasteiger partial charge is 0.234 e. The van der Waals surface area contributed by atoms with Crippen LogP contribution in [-0.2, 0) is 11.3 Å². The number of benzene rings is 2. The van der Waals surface area contributed by atoms with Crippen molar-refractivity contribution in [1.82, 2.24) is 14.8 Å². The van der Waals surface area contributed by atoms with Crippen LogP contribution in [0.25, 0.3) is 11.4 Å². The number of aromatic nitrogens is 3. The first kappa shape index (κ1) is 21.9. The van der Waals surface area contributed by atoms with Crippen LogP contribution in [0.15, 0.2) is 52.1 Å². The van der Waals surface area contributed by atoms with Crippen molar-refractivity contribution < 1.29 is 4.79 Å². The summed E-state index contributed by atoms with van der Waals surface area (Å²) >= 11 is 10.9. The second kappa shape index (κ2) is 9.78. The summed E-state index contributed by atoms with van der Waals surface area (Å²) in [6, 6.07) is 13.3. The highest BCUT2D eigenvalue weighted by Crippen LogP contribution is 2.26. The normalized spacial score (nSPS) is 11.1. The number of rotatable bonds is 7. The summed E-state index contributed by atoms with van der Waals surface area (Å²) in [4.78, 5) is 12.4. The van der Waals surface area contributed by atoms with E-state index in [9.17, 15) is 4.79 Å². The number of nitrogens with one attached hydrogen (secondary N) is 1. The van der Waals surface area contributed by atoms with Gasteiger partial charge in [-0.25, -0.2) is 0 Å². The van der Waals surface area contributed by atoms with Crippen molar-refractivity contribution in [3.05, 3.63) is 57.5 Å². The second-order valence-corrected chi connectivity index (χ2v) is 9.35. The zero-order valence-electron chi connectivity index (χ0n) is 16.4. The quantitative estimate of drug-likeness (QED) is 0.407. The molecule has 1 amide bonds. The van der Waals surface area contributed by atoms with Gasteiger partial charge in [-0.1, -0.05) is 53.1 Å². The lowest BCUT2D eigenvalue weighted by Crippen LogP contribution is -2.15. The molecule has 3 rings (SSSR count). The van der Waals surface area contributed by atoms with Gasteiger partial charge in [0.05, 0.1) is 5.75 Å². The lowest BCUT2D eigenvalue weighted by molar-refractivity contribution is -0.113. The minimum Gasteiger partial charge on any atom is -0.325 e. The average molecular weight is 494 g/mol. The number of carbonyl (C=O) groups is 1. The molecule has 5 nitrogen and oxygen atoms in total. The van der Waals surface area contributed by atoms with Gasteiger partial charge in [0, 0.05) is 27.3 Å². The molecule has 0 saturated carbocycles. The third-order valence-corrected chi connectivity index (χ3v) is 6.25. The number of aryl methyl sites for hydroxylation is 1. The Morgan fingerprint density at radius 1 is 1.21 bits per heavy atom. The Hall–Kier alpha value is -1.83. The summed E-state index contributed by atoms with van der Waals surface area (Å²) in [5.41, 5.74) is 2.80. The number of amides is 1. The zero-order chi connectivity index (χ0) is 21.0. The summed E-state index contributed by atoms with van der Waals surface area (Å²) in [7, 11) is 0. The fourth-order valence-corrected chi connectivity index (χ4v) is 3.91. The maximum Gasteiger partial charge on any atom is 0.234 e. The molecule has 0 atom stereocenters. The topological polar surface area (TPSA) is 59.8 Å². The average Bonchev–Trinajstić information content (AvgIpc) is 3.05. The van der Waals surface area contributed by atoms with Gasteiger partial charge >= 0.3 is 0 Å². The van der Waals surface area contributed by atoms with Gasteiger partial charge in [0.25, 0.3) is 0 Å². The van der Waals surface area contributed by atoms with Crippen LogP contribution in [0.3, 0.4) is 0 Å². The molecular formula is C21H22BrClN4OS. The van der Waals surface area contributed by atoms with Crippen molar-refractivity contribution in [1.29, 1.82) is 0 Å². The Balaban J connectivity index is 1.73. The molecule has 0 radical (unpaired) electrons. The fraction of sp³-hybridized carbons (Fsp3) is 0.286. The number of nitrogens with zero attached hydrogens (tertiary/aromatic N) is 3. The van der Waals surface area contributed by atoms with Crippen LogP contribution < -0.4 is 5.32 Å². The van der Waals surface area contributed by atoms with Gasteiger partial charge in [-0.05, 0) is 60.9 Å². The highest BCUT2D eigenvalue weighted by Gasteiger charge is 2.17. The molecule has 0 spiro atoms. The molecule has 1 aromatic heterocycles. The molecule has 0 fully saturated rings. The molecule has 8 heteroatoms. The number of anilines is 1. The maximum absolute atomic E-state index is 12.4. The minimum absolute atomic E-state index is 0.0798. The summed E-state index contributed by atoms with van der Waals surface area (Å²) in [6.07, 6.45) is 0. The Kier molecular flexibility index (Phi) is 7.38. The van der Waals surface area contributed by atoms with Crippen LogP contribution >= 0.6 is 39.3 Å². The van der Waals surface area contributed by atoms with Crippen molar-refractivity contribution in [2.75, 3.05) is 11.1 Å². The fourth-order valence-electron chi connectivity index (χ4n) is 2.79. The standard InChI is InChI=1S/C21H22BrClN4OS/c1-13(2)11-27-20(15-4-6-16(23)7-5-15)25-26-21(27)29-12-19(28)24-17-8-9-18(22)14(3)10-17/h4-10,13H,11-12H2,1-3H3,(H,24,28). The summed E-state index contributed by atoms with van der Waals surface area (Å²) < 4.78 is 3.08. The number of halogens is 2. The van der Waals surface area contributed by atoms with Crippen LogP contribution in [0.4, 0.5) is 5.69 Å². The molecule has 0 aliphatic carbocycles. The first-order valence-electron chi connectivity index (χ1n) is 9.21. The third kappa shape index (κ3) is 5.84. The van der Waals surface area contributed by atoms with E-state index in [1.807, 2.05) is 49.4 Å². The van der Waals surface area contributed by atoms with E-state index < -0.39 is 0 Å². The SMILES string of the molecule is Cc1cc(NC(=O)CSc2nnc(-c3ccc(Cl)cc3)n2CC(C)C)ccc1Br. The highest BCUT2D eigenvalue weighted by atomic mass is 79.9. The van der Waals surface area contributed by atoms with Crippen molar-refractivity contribution in [3.8, 4) is 11.4 Å². The van der Waals surface area contributed by atoms with Crippen LogP contribution in [0.1, 0.15) is 19.4 Å². The van der Waals surface area contributed by atoms with Crippen LogP contribution in [0, 0.1) is 12.8 Å². The zero-order valence-corrected chi connectivity index (χ0v) is 19.6. The summed E-state index contributed by atoms with van der Waals surface area (Å²) in [5, 5.41) is 13.0. The lowest BCUT2D eigenvalue weighted by atomic mass is 10.2. The second-order valence-electron chi connectivity index (χ2n) is 7.12. The van der Waals surface area contributed by atoms with Gasteiger partial charge in [0.1, 0.15) is 0 Å². The maximum atomic E-state index is 12.4. The highest BCUT2D eigenvalue weighted by molar-refractivity contribution is 9.10. The number of carbonyl (C=O) groups excluding carboxylic acids is 1. The lowest BCUT2D eigenvalue weighted by Gasteiger charge is -2.12. The molecule has 29 heavy (non-hydrogen) atoms. The Morgan fingerprint density at radius 3 is 2.59 bits per heavy atom. The molecule has 152 valence electrons. The molecular weight excluding hydrogens is 472 g/mol. The molecule has 2 aromatic carbocycles. The van der Waals surface area contributed by atoms with E-state index in [0.29, 0.717) is 10.9 Å².